The van der Waals surface area contributed by atoms with Crippen LogP contribution in [-0.4, -0.2) is 15.6 Å². The second kappa shape index (κ2) is 4.87. The summed E-state index contributed by atoms with van der Waals surface area (Å²) < 4.78 is 1.89. The van der Waals surface area contributed by atoms with Gasteiger partial charge in [0.25, 0.3) is 0 Å². The molecule has 0 unspecified atom stereocenters. The molecule has 4 nitrogen and oxygen atoms in total. The summed E-state index contributed by atoms with van der Waals surface area (Å²) in [7, 11) is 0. The maximum absolute atomic E-state index is 7.46. The van der Waals surface area contributed by atoms with Gasteiger partial charge in [-0.2, -0.15) is 5.10 Å². The van der Waals surface area contributed by atoms with Gasteiger partial charge in [-0.3, -0.25) is 10.1 Å². The maximum atomic E-state index is 7.46. The van der Waals surface area contributed by atoms with Gasteiger partial charge in [0.15, 0.2) is 0 Å². The highest BCUT2D eigenvalue weighted by Gasteiger charge is 2.20. The molecule has 0 bridgehead atoms. The fraction of sp³-hybridized carbons (Fsp3) is 0.636. The van der Waals surface area contributed by atoms with E-state index in [9.17, 15) is 0 Å². The van der Waals surface area contributed by atoms with Gasteiger partial charge in [-0.1, -0.05) is 25.4 Å². The van der Waals surface area contributed by atoms with E-state index in [1.54, 1.807) is 6.20 Å². The number of nitrogens with two attached hydrogens (primary N) is 1. The van der Waals surface area contributed by atoms with Gasteiger partial charge >= 0.3 is 0 Å². The van der Waals surface area contributed by atoms with Crippen molar-refractivity contribution in [2.24, 2.45) is 11.1 Å². The Morgan fingerprint density at radius 1 is 1.62 bits per heavy atom. The van der Waals surface area contributed by atoms with Crippen LogP contribution in [0.25, 0.3) is 0 Å². The number of nitrogens with one attached hydrogen (secondary N) is 1. The third kappa shape index (κ3) is 2.98. The van der Waals surface area contributed by atoms with Gasteiger partial charge in [0.05, 0.1) is 22.7 Å². The summed E-state index contributed by atoms with van der Waals surface area (Å²) in [5, 5.41) is 12.3. The molecule has 0 fully saturated rings. The van der Waals surface area contributed by atoms with E-state index in [1.165, 1.54) is 0 Å². The third-order valence-electron chi connectivity index (χ3n) is 2.94. The van der Waals surface area contributed by atoms with Crippen LogP contribution in [0.3, 0.4) is 0 Å². The van der Waals surface area contributed by atoms with E-state index in [-0.39, 0.29) is 11.3 Å². The standard InChI is InChI=1S/C11H19ClN4/c1-8-9(12)7-15-16(8)6-4-5-11(2,3)10(13)14/h7H,4-6H2,1-3H3,(H3,13,14). The molecule has 0 aliphatic rings. The molecule has 0 radical (unpaired) electrons. The first-order chi connectivity index (χ1) is 7.34. The molecule has 3 N–H and O–H groups in total. The van der Waals surface area contributed by atoms with Crippen molar-refractivity contribution in [3.05, 3.63) is 16.9 Å². The predicted octanol–water partition coefficient (Wildman–Crippen LogP) is 2.59. The summed E-state index contributed by atoms with van der Waals surface area (Å²) in [6, 6.07) is 0. The molecule has 1 heterocycles. The number of halogens is 1. The Labute approximate surface area is 101 Å². The van der Waals surface area contributed by atoms with Crippen LogP contribution in [0.15, 0.2) is 6.20 Å². The molecule has 16 heavy (non-hydrogen) atoms. The van der Waals surface area contributed by atoms with Gasteiger partial charge in [0, 0.05) is 12.0 Å². The number of aromatic nitrogens is 2. The summed E-state index contributed by atoms with van der Waals surface area (Å²) in [5.74, 6) is 0.239. The number of aryl methyl sites for hydroxylation is 1. The fourth-order valence-electron chi connectivity index (χ4n) is 1.45. The van der Waals surface area contributed by atoms with Crippen molar-refractivity contribution in [1.29, 1.82) is 5.41 Å². The zero-order chi connectivity index (χ0) is 12.3. The highest BCUT2D eigenvalue weighted by atomic mass is 35.5. The number of nitrogens with zero attached hydrogens (tertiary/aromatic N) is 2. The molecular weight excluding hydrogens is 224 g/mol. The van der Waals surface area contributed by atoms with E-state index in [0.717, 1.165) is 25.1 Å². The van der Waals surface area contributed by atoms with Crippen molar-refractivity contribution in [3.63, 3.8) is 0 Å². The molecule has 0 amide bonds. The minimum Gasteiger partial charge on any atom is -0.387 e. The Kier molecular flexibility index (Phi) is 3.97. The highest BCUT2D eigenvalue weighted by molar-refractivity contribution is 6.31. The topological polar surface area (TPSA) is 67.7 Å². The van der Waals surface area contributed by atoms with Crippen LogP contribution in [-0.2, 0) is 6.54 Å². The first-order valence-corrected chi connectivity index (χ1v) is 5.75. The van der Waals surface area contributed by atoms with E-state index >= 15 is 0 Å². The van der Waals surface area contributed by atoms with Crippen molar-refractivity contribution in [2.75, 3.05) is 0 Å². The van der Waals surface area contributed by atoms with Crippen molar-refractivity contribution < 1.29 is 0 Å². The first kappa shape index (κ1) is 13.0. The lowest BCUT2D eigenvalue weighted by atomic mass is 9.87. The second-order valence-electron chi connectivity index (χ2n) is 4.70. The first-order valence-electron chi connectivity index (χ1n) is 5.37. The Bertz CT molecular complexity index is 381. The molecule has 0 aliphatic heterocycles. The zero-order valence-electron chi connectivity index (χ0n) is 10.0. The third-order valence-corrected chi connectivity index (χ3v) is 3.32. The highest BCUT2D eigenvalue weighted by Crippen LogP contribution is 2.22. The van der Waals surface area contributed by atoms with Crippen molar-refractivity contribution >= 4 is 17.4 Å². The molecular formula is C11H19ClN4. The zero-order valence-corrected chi connectivity index (χ0v) is 10.8. The van der Waals surface area contributed by atoms with Crippen LogP contribution < -0.4 is 5.73 Å². The molecule has 0 aromatic carbocycles. The molecule has 0 saturated heterocycles. The number of hydrogen-bond donors (Lipinski definition) is 2. The van der Waals surface area contributed by atoms with Crippen LogP contribution >= 0.6 is 11.6 Å². The SMILES string of the molecule is Cc1c(Cl)cnn1CCCC(C)(C)C(=N)N. The molecule has 0 aliphatic carbocycles. The summed E-state index contributed by atoms with van der Waals surface area (Å²) in [5.41, 5.74) is 6.28. The van der Waals surface area contributed by atoms with Gasteiger partial charge < -0.3 is 5.73 Å². The largest absolute Gasteiger partial charge is 0.387 e. The van der Waals surface area contributed by atoms with Gasteiger partial charge in [-0.05, 0) is 19.8 Å². The molecule has 1 rings (SSSR count). The summed E-state index contributed by atoms with van der Waals surface area (Å²) in [6.45, 7) is 6.73. The molecule has 0 spiro atoms. The second-order valence-corrected chi connectivity index (χ2v) is 5.11. The van der Waals surface area contributed by atoms with E-state index in [4.69, 9.17) is 22.7 Å². The normalized spacial score (nSPS) is 11.8. The summed E-state index contributed by atoms with van der Waals surface area (Å²) in [4.78, 5) is 0. The lowest BCUT2D eigenvalue weighted by Crippen LogP contribution is -2.31. The quantitative estimate of drug-likeness (QED) is 0.616. The monoisotopic (exact) mass is 242 g/mol. The smallest absolute Gasteiger partial charge is 0.0963 e. The predicted molar refractivity (Wildman–Crippen MR) is 66.9 cm³/mol. The van der Waals surface area contributed by atoms with Crippen LogP contribution in [0.1, 0.15) is 32.4 Å². The maximum Gasteiger partial charge on any atom is 0.0963 e. The van der Waals surface area contributed by atoms with E-state index in [1.807, 2.05) is 25.5 Å². The molecule has 0 atom stereocenters. The minimum atomic E-state index is -0.231. The molecule has 5 heteroatoms. The van der Waals surface area contributed by atoms with E-state index in [0.29, 0.717) is 5.02 Å². The summed E-state index contributed by atoms with van der Waals surface area (Å²) in [6.07, 6.45) is 3.47. The number of rotatable bonds is 5. The molecule has 1 aromatic heterocycles. The van der Waals surface area contributed by atoms with Gasteiger partial charge in [0.1, 0.15) is 0 Å². The van der Waals surface area contributed by atoms with Gasteiger partial charge in [0.2, 0.25) is 0 Å². The Balaban J connectivity index is 2.48. The lowest BCUT2D eigenvalue weighted by Gasteiger charge is -2.22. The molecule has 90 valence electrons. The van der Waals surface area contributed by atoms with Crippen molar-refractivity contribution in [1.82, 2.24) is 9.78 Å². The van der Waals surface area contributed by atoms with Crippen molar-refractivity contribution in [3.8, 4) is 0 Å². The van der Waals surface area contributed by atoms with E-state index < -0.39 is 0 Å². The fourth-order valence-corrected chi connectivity index (χ4v) is 1.60. The van der Waals surface area contributed by atoms with Crippen LogP contribution in [0.5, 0.6) is 0 Å². The van der Waals surface area contributed by atoms with E-state index in [2.05, 4.69) is 5.10 Å². The van der Waals surface area contributed by atoms with Crippen LogP contribution in [0.2, 0.25) is 5.02 Å². The Morgan fingerprint density at radius 2 is 2.25 bits per heavy atom. The minimum absolute atomic E-state index is 0.231. The van der Waals surface area contributed by atoms with Gasteiger partial charge in [-0.25, -0.2) is 0 Å². The summed E-state index contributed by atoms with van der Waals surface area (Å²) >= 11 is 5.91. The average molecular weight is 243 g/mol. The average Bonchev–Trinajstić information content (AvgIpc) is 2.49. The Hall–Kier alpha value is -1.03. The van der Waals surface area contributed by atoms with Gasteiger partial charge in [-0.15, -0.1) is 0 Å². The van der Waals surface area contributed by atoms with Crippen LogP contribution in [0.4, 0.5) is 0 Å². The molecule has 1 aromatic rings. The Morgan fingerprint density at radius 3 is 2.69 bits per heavy atom. The van der Waals surface area contributed by atoms with Crippen LogP contribution in [0, 0.1) is 17.7 Å². The van der Waals surface area contributed by atoms with Crippen molar-refractivity contribution in [2.45, 2.75) is 40.2 Å². The lowest BCUT2D eigenvalue weighted by molar-refractivity contribution is 0.417. The number of hydrogen-bond acceptors (Lipinski definition) is 2. The number of amidine groups is 1. The molecule has 0 saturated carbocycles.